The molecule has 0 aromatic rings. The summed E-state index contributed by atoms with van der Waals surface area (Å²) in [5, 5.41) is 12.3. The average Bonchev–Trinajstić information content (AvgIpc) is 3.12. The summed E-state index contributed by atoms with van der Waals surface area (Å²) < 4.78 is 22.9. The topological polar surface area (TPSA) is 101 Å². The maximum Gasteiger partial charge on any atom is 0.329 e. The normalized spacial score (nSPS) is 23.3. The monoisotopic (exact) mass is 331 g/mol. The molecule has 2 rings (SSSR count). The first-order valence-corrected chi connectivity index (χ1v) is 9.95. The summed E-state index contributed by atoms with van der Waals surface area (Å²) in [5.74, 6) is -1.30. The quantitative estimate of drug-likeness (QED) is 0.718. The zero-order valence-corrected chi connectivity index (χ0v) is 13.9. The van der Waals surface area contributed by atoms with Crippen molar-refractivity contribution in [3.63, 3.8) is 0 Å². The molecule has 0 radical (unpaired) electrons. The highest BCUT2D eigenvalue weighted by atomic mass is 32.2. The van der Waals surface area contributed by atoms with Gasteiger partial charge in [-0.15, -0.1) is 0 Å². The van der Waals surface area contributed by atoms with E-state index in [1.807, 2.05) is 0 Å². The van der Waals surface area contributed by atoms with Gasteiger partial charge in [-0.05, 0) is 31.1 Å². The molecule has 0 aromatic heterocycles. The minimum Gasteiger partial charge on any atom is -0.480 e. The Morgan fingerprint density at radius 1 is 1.05 bits per heavy atom. The number of amides is 1. The molecule has 0 aromatic carbocycles. The first kappa shape index (κ1) is 17.2. The smallest absolute Gasteiger partial charge is 0.329 e. The molecule has 22 heavy (non-hydrogen) atoms. The summed E-state index contributed by atoms with van der Waals surface area (Å²) >= 11 is 0. The summed E-state index contributed by atoms with van der Waals surface area (Å²) in [5.41, 5.74) is -1.64. The predicted octanol–water partition coefficient (Wildman–Crippen LogP) is 1.50. The lowest BCUT2D eigenvalue weighted by atomic mass is 9.89. The van der Waals surface area contributed by atoms with Crippen molar-refractivity contribution in [2.45, 2.75) is 63.3 Å². The molecule has 0 saturated heterocycles. The SMILES string of the molecule is CS(=O)(=O)CC1(CC(=O)NC2(C(=O)O)CCCCCC2)CC1. The second-order valence-electron chi connectivity index (χ2n) is 7.10. The molecule has 0 aliphatic heterocycles. The minimum absolute atomic E-state index is 0.00743. The molecule has 0 spiro atoms. The first-order valence-electron chi connectivity index (χ1n) is 7.89. The highest BCUT2D eigenvalue weighted by Crippen LogP contribution is 2.49. The second kappa shape index (κ2) is 6.18. The van der Waals surface area contributed by atoms with Crippen molar-refractivity contribution in [2.75, 3.05) is 12.0 Å². The molecule has 1 amide bonds. The number of nitrogens with one attached hydrogen (secondary N) is 1. The van der Waals surface area contributed by atoms with Gasteiger partial charge in [0.15, 0.2) is 0 Å². The zero-order valence-electron chi connectivity index (χ0n) is 13.1. The van der Waals surface area contributed by atoms with Crippen LogP contribution in [-0.2, 0) is 19.4 Å². The number of carbonyl (C=O) groups is 2. The van der Waals surface area contributed by atoms with Crippen LogP contribution in [0.1, 0.15) is 57.8 Å². The summed E-state index contributed by atoms with van der Waals surface area (Å²) in [4.78, 5) is 24.0. The number of aliphatic carboxylic acids is 1. The van der Waals surface area contributed by atoms with Crippen molar-refractivity contribution in [1.29, 1.82) is 0 Å². The summed E-state index contributed by atoms with van der Waals surface area (Å²) in [6, 6.07) is 0. The van der Waals surface area contributed by atoms with Crippen molar-refractivity contribution >= 4 is 21.7 Å². The number of hydrogen-bond acceptors (Lipinski definition) is 4. The number of carboxylic acids is 1. The Bertz CT molecular complexity index is 542. The van der Waals surface area contributed by atoms with Gasteiger partial charge in [0, 0.05) is 12.7 Å². The predicted molar refractivity (Wildman–Crippen MR) is 82.2 cm³/mol. The Balaban J connectivity index is 2.01. The van der Waals surface area contributed by atoms with Crippen molar-refractivity contribution in [2.24, 2.45) is 5.41 Å². The summed E-state index contributed by atoms with van der Waals surface area (Å²) in [6.45, 7) is 0. The fourth-order valence-corrected chi connectivity index (χ4v) is 4.98. The number of sulfone groups is 1. The van der Waals surface area contributed by atoms with Crippen LogP contribution in [0.2, 0.25) is 0 Å². The molecule has 126 valence electrons. The van der Waals surface area contributed by atoms with E-state index in [0.717, 1.165) is 25.7 Å². The van der Waals surface area contributed by atoms with E-state index in [9.17, 15) is 23.1 Å². The van der Waals surface area contributed by atoms with E-state index in [0.29, 0.717) is 25.7 Å². The molecular weight excluding hydrogens is 306 g/mol. The van der Waals surface area contributed by atoms with E-state index in [4.69, 9.17) is 0 Å². The molecule has 2 aliphatic rings. The van der Waals surface area contributed by atoms with Crippen molar-refractivity contribution in [1.82, 2.24) is 5.32 Å². The highest BCUT2D eigenvalue weighted by Gasteiger charge is 2.48. The van der Waals surface area contributed by atoms with Crippen LogP contribution in [0.4, 0.5) is 0 Å². The van der Waals surface area contributed by atoms with Crippen molar-refractivity contribution in [3.05, 3.63) is 0 Å². The van der Waals surface area contributed by atoms with Gasteiger partial charge in [0.1, 0.15) is 15.4 Å². The van der Waals surface area contributed by atoms with Gasteiger partial charge in [0.2, 0.25) is 5.91 Å². The maximum atomic E-state index is 12.3. The lowest BCUT2D eigenvalue weighted by Gasteiger charge is -2.30. The van der Waals surface area contributed by atoms with Crippen LogP contribution >= 0.6 is 0 Å². The van der Waals surface area contributed by atoms with Gasteiger partial charge >= 0.3 is 5.97 Å². The van der Waals surface area contributed by atoms with Crippen LogP contribution in [0.25, 0.3) is 0 Å². The fraction of sp³-hybridized carbons (Fsp3) is 0.867. The molecule has 7 heteroatoms. The molecule has 0 heterocycles. The third-order valence-electron chi connectivity index (χ3n) is 4.81. The van der Waals surface area contributed by atoms with Crippen LogP contribution in [0, 0.1) is 5.41 Å². The van der Waals surface area contributed by atoms with Crippen LogP contribution < -0.4 is 5.32 Å². The molecule has 2 fully saturated rings. The molecule has 0 bridgehead atoms. The number of rotatable bonds is 6. The minimum atomic E-state index is -3.13. The Morgan fingerprint density at radius 2 is 1.59 bits per heavy atom. The van der Waals surface area contributed by atoms with Crippen LogP contribution in [-0.4, -0.2) is 42.9 Å². The van der Waals surface area contributed by atoms with E-state index in [2.05, 4.69) is 5.32 Å². The Labute approximate surface area is 131 Å². The van der Waals surface area contributed by atoms with Gasteiger partial charge in [0.05, 0.1) is 5.75 Å². The highest BCUT2D eigenvalue weighted by molar-refractivity contribution is 7.90. The molecular formula is C15H25NO5S. The van der Waals surface area contributed by atoms with E-state index in [-0.39, 0.29) is 18.1 Å². The van der Waals surface area contributed by atoms with Crippen LogP contribution in [0.5, 0.6) is 0 Å². The van der Waals surface area contributed by atoms with Gasteiger partial charge in [0.25, 0.3) is 0 Å². The molecule has 2 aliphatic carbocycles. The molecule has 2 saturated carbocycles. The van der Waals surface area contributed by atoms with Crippen LogP contribution in [0.3, 0.4) is 0 Å². The van der Waals surface area contributed by atoms with E-state index in [1.54, 1.807) is 0 Å². The van der Waals surface area contributed by atoms with E-state index < -0.39 is 26.8 Å². The average molecular weight is 331 g/mol. The molecule has 0 atom stereocenters. The van der Waals surface area contributed by atoms with Gasteiger partial charge in [-0.25, -0.2) is 13.2 Å². The van der Waals surface area contributed by atoms with Gasteiger partial charge in [-0.1, -0.05) is 25.7 Å². The second-order valence-corrected chi connectivity index (χ2v) is 9.24. The molecule has 0 unspecified atom stereocenters. The van der Waals surface area contributed by atoms with Gasteiger partial charge < -0.3 is 10.4 Å². The Morgan fingerprint density at radius 3 is 2.00 bits per heavy atom. The number of carbonyl (C=O) groups excluding carboxylic acids is 1. The van der Waals surface area contributed by atoms with E-state index >= 15 is 0 Å². The Kier molecular flexibility index (Phi) is 4.84. The van der Waals surface area contributed by atoms with Gasteiger partial charge in [-0.3, -0.25) is 4.79 Å². The van der Waals surface area contributed by atoms with Crippen molar-refractivity contribution < 1.29 is 23.1 Å². The standard InChI is InChI=1S/C15H25NO5S/c1-22(20,21)11-14(8-9-14)10-12(17)16-15(13(18)19)6-4-2-3-5-7-15/h2-11H2,1H3,(H,16,17)(H,18,19). The van der Waals surface area contributed by atoms with E-state index in [1.165, 1.54) is 6.26 Å². The largest absolute Gasteiger partial charge is 0.480 e. The lowest BCUT2D eigenvalue weighted by molar-refractivity contribution is -0.148. The number of hydrogen-bond donors (Lipinski definition) is 2. The summed E-state index contributed by atoms with van der Waals surface area (Å²) in [7, 11) is -3.13. The maximum absolute atomic E-state index is 12.3. The van der Waals surface area contributed by atoms with Gasteiger partial charge in [-0.2, -0.15) is 0 Å². The third-order valence-corrected chi connectivity index (χ3v) is 5.94. The molecule has 6 nitrogen and oxygen atoms in total. The fourth-order valence-electron chi connectivity index (χ4n) is 3.48. The number of carboxylic acid groups (broad SMARTS) is 1. The van der Waals surface area contributed by atoms with Crippen LogP contribution in [0.15, 0.2) is 0 Å². The lowest BCUT2D eigenvalue weighted by Crippen LogP contribution is -2.54. The third kappa shape index (κ3) is 4.44. The summed E-state index contributed by atoms with van der Waals surface area (Å²) in [6.07, 6.45) is 7.18. The zero-order chi connectivity index (χ0) is 16.4. The first-order chi connectivity index (χ1) is 10.2. The Hall–Kier alpha value is -1.11. The van der Waals surface area contributed by atoms with Crippen molar-refractivity contribution in [3.8, 4) is 0 Å². The molecule has 2 N–H and O–H groups in total.